The SMILES string of the molecule is CC(=O)c1cc(C(=O)OCC(=O)Nc2ccc(Br)cc2F)n(C)c1. The Morgan fingerprint density at radius 1 is 1.29 bits per heavy atom. The van der Waals surface area contributed by atoms with Crippen molar-refractivity contribution in [2.75, 3.05) is 11.9 Å². The topological polar surface area (TPSA) is 77.4 Å². The summed E-state index contributed by atoms with van der Waals surface area (Å²) in [7, 11) is 1.58. The van der Waals surface area contributed by atoms with Crippen LogP contribution in [0.1, 0.15) is 27.8 Å². The van der Waals surface area contributed by atoms with Gasteiger partial charge in [0.15, 0.2) is 12.4 Å². The van der Waals surface area contributed by atoms with Gasteiger partial charge in [0.2, 0.25) is 0 Å². The number of aromatic nitrogens is 1. The van der Waals surface area contributed by atoms with Crippen LogP contribution in [0.3, 0.4) is 0 Å². The molecule has 24 heavy (non-hydrogen) atoms. The van der Waals surface area contributed by atoms with Gasteiger partial charge in [0.1, 0.15) is 11.5 Å². The molecular weight excluding hydrogens is 383 g/mol. The third-order valence-electron chi connectivity index (χ3n) is 3.16. The maximum absolute atomic E-state index is 13.6. The van der Waals surface area contributed by atoms with Crippen molar-refractivity contribution in [2.24, 2.45) is 7.05 Å². The Morgan fingerprint density at radius 2 is 2.00 bits per heavy atom. The fourth-order valence-electron chi connectivity index (χ4n) is 1.94. The first kappa shape index (κ1) is 17.9. The summed E-state index contributed by atoms with van der Waals surface area (Å²) in [5, 5.41) is 2.31. The van der Waals surface area contributed by atoms with Crippen LogP contribution in [0.15, 0.2) is 34.9 Å². The summed E-state index contributed by atoms with van der Waals surface area (Å²) < 4.78 is 20.5. The number of anilines is 1. The molecule has 8 heteroatoms. The van der Waals surface area contributed by atoms with Gasteiger partial charge in [-0.15, -0.1) is 0 Å². The molecule has 0 radical (unpaired) electrons. The number of nitrogens with zero attached hydrogens (tertiary/aromatic N) is 1. The number of nitrogens with one attached hydrogen (secondary N) is 1. The zero-order chi connectivity index (χ0) is 17.9. The molecule has 0 atom stereocenters. The summed E-state index contributed by atoms with van der Waals surface area (Å²) in [6.45, 7) is 0.805. The van der Waals surface area contributed by atoms with Crippen LogP contribution in [-0.2, 0) is 16.6 Å². The van der Waals surface area contributed by atoms with Crippen LogP contribution in [0, 0.1) is 5.82 Å². The molecule has 1 heterocycles. The Labute approximate surface area is 145 Å². The van der Waals surface area contributed by atoms with E-state index in [-0.39, 0.29) is 17.2 Å². The van der Waals surface area contributed by atoms with E-state index in [2.05, 4.69) is 21.2 Å². The van der Waals surface area contributed by atoms with Crippen LogP contribution < -0.4 is 5.32 Å². The van der Waals surface area contributed by atoms with Crippen molar-refractivity contribution in [3.05, 3.63) is 52.0 Å². The summed E-state index contributed by atoms with van der Waals surface area (Å²) in [6, 6.07) is 5.54. The molecule has 1 aromatic carbocycles. The number of esters is 1. The lowest BCUT2D eigenvalue weighted by Crippen LogP contribution is -2.22. The summed E-state index contributed by atoms with van der Waals surface area (Å²) in [4.78, 5) is 35.0. The quantitative estimate of drug-likeness (QED) is 0.622. The molecule has 1 N–H and O–H groups in total. The number of benzene rings is 1. The first-order valence-electron chi connectivity index (χ1n) is 6.87. The van der Waals surface area contributed by atoms with Gasteiger partial charge in [-0.3, -0.25) is 9.59 Å². The Hall–Kier alpha value is -2.48. The lowest BCUT2D eigenvalue weighted by atomic mass is 10.2. The van der Waals surface area contributed by atoms with Gasteiger partial charge >= 0.3 is 5.97 Å². The number of carbonyl (C=O) groups excluding carboxylic acids is 3. The maximum atomic E-state index is 13.6. The molecule has 2 aromatic rings. The van der Waals surface area contributed by atoms with Gasteiger partial charge in [0.05, 0.1) is 5.69 Å². The minimum Gasteiger partial charge on any atom is -0.451 e. The number of amides is 1. The molecule has 0 fully saturated rings. The number of rotatable bonds is 5. The second-order valence-electron chi connectivity index (χ2n) is 5.03. The van der Waals surface area contributed by atoms with E-state index < -0.39 is 24.3 Å². The number of hydrogen-bond acceptors (Lipinski definition) is 4. The summed E-state index contributed by atoms with van der Waals surface area (Å²) in [5.41, 5.74) is 0.491. The fourth-order valence-corrected chi connectivity index (χ4v) is 2.28. The molecule has 0 saturated heterocycles. The van der Waals surface area contributed by atoms with E-state index in [1.807, 2.05) is 0 Å². The van der Waals surface area contributed by atoms with Crippen LogP contribution in [-0.4, -0.2) is 28.8 Å². The molecule has 1 amide bonds. The van der Waals surface area contributed by atoms with E-state index in [0.29, 0.717) is 10.0 Å². The highest BCUT2D eigenvalue weighted by Crippen LogP contribution is 2.19. The largest absolute Gasteiger partial charge is 0.451 e. The zero-order valence-corrected chi connectivity index (χ0v) is 14.5. The van der Waals surface area contributed by atoms with Crippen molar-refractivity contribution < 1.29 is 23.5 Å². The molecule has 0 aliphatic rings. The molecule has 0 bridgehead atoms. The number of hydrogen-bond donors (Lipinski definition) is 1. The third kappa shape index (κ3) is 4.29. The van der Waals surface area contributed by atoms with Crippen LogP contribution in [0.4, 0.5) is 10.1 Å². The highest BCUT2D eigenvalue weighted by Gasteiger charge is 2.17. The first-order chi connectivity index (χ1) is 11.3. The van der Waals surface area contributed by atoms with E-state index in [1.165, 1.54) is 35.9 Å². The number of ketones is 1. The van der Waals surface area contributed by atoms with E-state index in [9.17, 15) is 18.8 Å². The van der Waals surface area contributed by atoms with E-state index in [1.54, 1.807) is 13.1 Å². The highest BCUT2D eigenvalue weighted by molar-refractivity contribution is 9.10. The van der Waals surface area contributed by atoms with Crippen LogP contribution >= 0.6 is 15.9 Å². The average Bonchev–Trinajstić information content (AvgIpc) is 2.90. The molecule has 6 nitrogen and oxygen atoms in total. The Bertz CT molecular complexity index is 816. The van der Waals surface area contributed by atoms with Crippen molar-refractivity contribution in [1.29, 1.82) is 0 Å². The van der Waals surface area contributed by atoms with Crippen molar-refractivity contribution >= 4 is 39.3 Å². The maximum Gasteiger partial charge on any atom is 0.355 e. The molecule has 0 unspecified atom stereocenters. The normalized spacial score (nSPS) is 10.3. The lowest BCUT2D eigenvalue weighted by molar-refractivity contribution is -0.119. The van der Waals surface area contributed by atoms with Gasteiger partial charge in [-0.05, 0) is 31.2 Å². The molecule has 0 spiro atoms. The van der Waals surface area contributed by atoms with Gasteiger partial charge in [-0.1, -0.05) is 15.9 Å². The van der Waals surface area contributed by atoms with Gasteiger partial charge in [-0.25, -0.2) is 9.18 Å². The number of aryl methyl sites for hydroxylation is 1. The Balaban J connectivity index is 1.96. The summed E-state index contributed by atoms with van der Waals surface area (Å²) in [6.07, 6.45) is 1.50. The van der Waals surface area contributed by atoms with Crippen molar-refractivity contribution in [3.63, 3.8) is 0 Å². The van der Waals surface area contributed by atoms with Gasteiger partial charge in [-0.2, -0.15) is 0 Å². The molecule has 126 valence electrons. The van der Waals surface area contributed by atoms with Crippen molar-refractivity contribution in [1.82, 2.24) is 4.57 Å². The number of halogens is 2. The highest BCUT2D eigenvalue weighted by atomic mass is 79.9. The van der Waals surface area contributed by atoms with Gasteiger partial charge in [0.25, 0.3) is 5.91 Å². The Morgan fingerprint density at radius 3 is 2.58 bits per heavy atom. The molecule has 0 aliphatic heterocycles. The van der Waals surface area contributed by atoms with Crippen LogP contribution in [0.5, 0.6) is 0 Å². The molecule has 0 saturated carbocycles. The second kappa shape index (κ2) is 7.39. The van der Waals surface area contributed by atoms with E-state index in [0.717, 1.165) is 0 Å². The summed E-state index contributed by atoms with van der Waals surface area (Å²) >= 11 is 3.11. The fraction of sp³-hybridized carbons (Fsp3) is 0.188. The predicted octanol–water partition coefficient (Wildman–Crippen LogP) is 2.92. The monoisotopic (exact) mass is 396 g/mol. The van der Waals surface area contributed by atoms with Gasteiger partial charge in [0, 0.05) is 23.3 Å². The number of Topliss-reactive ketones (excluding diaryl/α,β-unsaturated/α-hetero) is 1. The Kier molecular flexibility index (Phi) is 5.50. The van der Waals surface area contributed by atoms with Crippen molar-refractivity contribution in [3.8, 4) is 0 Å². The lowest BCUT2D eigenvalue weighted by Gasteiger charge is -2.08. The second-order valence-corrected chi connectivity index (χ2v) is 5.95. The average molecular weight is 397 g/mol. The minimum absolute atomic E-state index is 0.0167. The van der Waals surface area contributed by atoms with E-state index >= 15 is 0 Å². The smallest absolute Gasteiger partial charge is 0.355 e. The first-order valence-corrected chi connectivity index (χ1v) is 7.66. The zero-order valence-electron chi connectivity index (χ0n) is 12.9. The third-order valence-corrected chi connectivity index (χ3v) is 3.65. The molecule has 1 aromatic heterocycles. The van der Waals surface area contributed by atoms with Crippen molar-refractivity contribution in [2.45, 2.75) is 6.92 Å². The number of carbonyl (C=O) groups is 3. The minimum atomic E-state index is -0.753. The van der Waals surface area contributed by atoms with Crippen LogP contribution in [0.25, 0.3) is 0 Å². The van der Waals surface area contributed by atoms with Gasteiger partial charge < -0.3 is 14.6 Å². The van der Waals surface area contributed by atoms with Crippen LogP contribution in [0.2, 0.25) is 0 Å². The predicted molar refractivity (Wildman–Crippen MR) is 88.4 cm³/mol. The molecule has 0 aliphatic carbocycles. The number of ether oxygens (including phenoxy) is 1. The standard InChI is InChI=1S/C16H14BrFN2O4/c1-9(21)10-5-14(20(2)7-10)16(23)24-8-15(22)19-13-4-3-11(17)6-12(13)18/h3-7H,8H2,1-2H3,(H,19,22). The molecular formula is C16H14BrFN2O4. The molecule has 2 rings (SSSR count). The van der Waals surface area contributed by atoms with E-state index in [4.69, 9.17) is 4.74 Å². The summed E-state index contributed by atoms with van der Waals surface area (Å²) in [5.74, 6) is -2.23.